The molecule has 1 atom stereocenters. The maximum Gasteiger partial charge on any atom is 0.326 e. The number of pyridine rings is 1. The van der Waals surface area contributed by atoms with Crippen molar-refractivity contribution in [2.24, 2.45) is 0 Å². The standard InChI is InChI=1S/C13H17N3O3/c1-15(2)12(17)9-5-6-11(14-8-9)16-7-3-4-10(16)13(18)19/h5-6,8,10H,3-4,7H2,1-2H3,(H,18,19). The first-order chi connectivity index (χ1) is 9.00. The third-order valence-electron chi connectivity index (χ3n) is 3.23. The molecular weight excluding hydrogens is 246 g/mol. The highest BCUT2D eigenvalue weighted by molar-refractivity contribution is 5.93. The van der Waals surface area contributed by atoms with E-state index in [0.717, 1.165) is 6.42 Å². The first kappa shape index (κ1) is 13.3. The van der Waals surface area contributed by atoms with Gasteiger partial charge in [-0.3, -0.25) is 4.79 Å². The fourth-order valence-electron chi connectivity index (χ4n) is 2.24. The summed E-state index contributed by atoms with van der Waals surface area (Å²) in [5.74, 6) is -0.330. The Balaban J connectivity index is 2.18. The summed E-state index contributed by atoms with van der Waals surface area (Å²) in [4.78, 5) is 30.3. The first-order valence-electron chi connectivity index (χ1n) is 6.18. The zero-order chi connectivity index (χ0) is 14.0. The number of hydrogen-bond donors (Lipinski definition) is 1. The molecule has 6 heteroatoms. The van der Waals surface area contributed by atoms with E-state index in [-0.39, 0.29) is 5.91 Å². The SMILES string of the molecule is CN(C)C(=O)c1ccc(N2CCCC2C(=O)O)nc1. The lowest BCUT2D eigenvalue weighted by Gasteiger charge is -2.22. The van der Waals surface area contributed by atoms with Crippen LogP contribution in [0.4, 0.5) is 5.82 Å². The Morgan fingerprint density at radius 1 is 1.42 bits per heavy atom. The summed E-state index contributed by atoms with van der Waals surface area (Å²) >= 11 is 0. The molecule has 0 aromatic carbocycles. The predicted molar refractivity (Wildman–Crippen MR) is 70.3 cm³/mol. The molecule has 19 heavy (non-hydrogen) atoms. The largest absolute Gasteiger partial charge is 0.480 e. The lowest BCUT2D eigenvalue weighted by Crippen LogP contribution is -2.36. The zero-order valence-electron chi connectivity index (χ0n) is 11.0. The monoisotopic (exact) mass is 263 g/mol. The fourth-order valence-corrected chi connectivity index (χ4v) is 2.24. The zero-order valence-corrected chi connectivity index (χ0v) is 11.0. The minimum Gasteiger partial charge on any atom is -0.480 e. The summed E-state index contributed by atoms with van der Waals surface area (Å²) in [7, 11) is 3.36. The van der Waals surface area contributed by atoms with Crippen LogP contribution in [-0.4, -0.2) is 53.5 Å². The molecule has 102 valence electrons. The summed E-state index contributed by atoms with van der Waals surface area (Å²) in [5, 5.41) is 9.13. The number of aromatic nitrogens is 1. The Morgan fingerprint density at radius 3 is 2.68 bits per heavy atom. The van der Waals surface area contributed by atoms with Crippen LogP contribution in [0.25, 0.3) is 0 Å². The van der Waals surface area contributed by atoms with Crippen molar-refractivity contribution in [3.8, 4) is 0 Å². The topological polar surface area (TPSA) is 73.7 Å². The molecule has 1 fully saturated rings. The number of carboxylic acid groups (broad SMARTS) is 1. The van der Waals surface area contributed by atoms with Gasteiger partial charge in [0.25, 0.3) is 5.91 Å². The second kappa shape index (κ2) is 5.26. The van der Waals surface area contributed by atoms with Crippen molar-refractivity contribution in [3.05, 3.63) is 23.9 Å². The Kier molecular flexibility index (Phi) is 3.69. The average Bonchev–Trinajstić information content (AvgIpc) is 2.87. The smallest absolute Gasteiger partial charge is 0.326 e. The molecular formula is C13H17N3O3. The molecule has 2 heterocycles. The number of carbonyl (C=O) groups excluding carboxylic acids is 1. The van der Waals surface area contributed by atoms with Crippen LogP contribution in [0.1, 0.15) is 23.2 Å². The molecule has 1 saturated heterocycles. The van der Waals surface area contributed by atoms with Gasteiger partial charge in [0.05, 0.1) is 5.56 Å². The number of nitrogens with zero attached hydrogens (tertiary/aromatic N) is 3. The van der Waals surface area contributed by atoms with Crippen LogP contribution < -0.4 is 4.90 Å². The molecule has 6 nitrogen and oxygen atoms in total. The minimum atomic E-state index is -0.826. The van der Waals surface area contributed by atoms with E-state index in [0.29, 0.717) is 24.3 Å². The van der Waals surface area contributed by atoms with Crippen molar-refractivity contribution in [1.29, 1.82) is 0 Å². The van der Waals surface area contributed by atoms with Gasteiger partial charge in [-0.1, -0.05) is 0 Å². The highest BCUT2D eigenvalue weighted by atomic mass is 16.4. The lowest BCUT2D eigenvalue weighted by molar-refractivity contribution is -0.138. The van der Waals surface area contributed by atoms with Gasteiger partial charge in [0.1, 0.15) is 11.9 Å². The number of aliphatic carboxylic acids is 1. The number of rotatable bonds is 3. The van der Waals surface area contributed by atoms with Gasteiger partial charge in [-0.25, -0.2) is 9.78 Å². The van der Waals surface area contributed by atoms with E-state index in [9.17, 15) is 9.59 Å². The summed E-state index contributed by atoms with van der Waals surface area (Å²) in [6.45, 7) is 0.685. The van der Waals surface area contributed by atoms with Crippen molar-refractivity contribution < 1.29 is 14.7 Å². The lowest BCUT2D eigenvalue weighted by atomic mass is 10.2. The van der Waals surface area contributed by atoms with Gasteiger partial charge in [0, 0.05) is 26.8 Å². The van der Waals surface area contributed by atoms with Crippen molar-refractivity contribution in [2.75, 3.05) is 25.5 Å². The molecule has 2 rings (SSSR count). The first-order valence-corrected chi connectivity index (χ1v) is 6.18. The molecule has 0 saturated carbocycles. The summed E-state index contributed by atoms with van der Waals surface area (Å²) < 4.78 is 0. The van der Waals surface area contributed by atoms with E-state index in [2.05, 4.69) is 4.98 Å². The molecule has 1 aliphatic heterocycles. The second-order valence-corrected chi connectivity index (χ2v) is 4.79. The van der Waals surface area contributed by atoms with E-state index in [4.69, 9.17) is 5.11 Å². The third-order valence-corrected chi connectivity index (χ3v) is 3.23. The van der Waals surface area contributed by atoms with Gasteiger partial charge in [-0.2, -0.15) is 0 Å². The van der Waals surface area contributed by atoms with Gasteiger partial charge in [0.2, 0.25) is 0 Å². The van der Waals surface area contributed by atoms with E-state index in [1.165, 1.54) is 11.1 Å². The van der Waals surface area contributed by atoms with Crippen LogP contribution in [0, 0.1) is 0 Å². The average molecular weight is 263 g/mol. The van der Waals surface area contributed by atoms with Crippen molar-refractivity contribution >= 4 is 17.7 Å². The molecule has 1 unspecified atom stereocenters. The van der Waals surface area contributed by atoms with Gasteiger partial charge in [-0.05, 0) is 25.0 Å². The number of hydrogen-bond acceptors (Lipinski definition) is 4. The van der Waals surface area contributed by atoms with Crippen LogP contribution in [0.5, 0.6) is 0 Å². The fraction of sp³-hybridized carbons (Fsp3) is 0.462. The Bertz CT molecular complexity index is 484. The van der Waals surface area contributed by atoms with Crippen molar-refractivity contribution in [1.82, 2.24) is 9.88 Å². The summed E-state index contributed by atoms with van der Waals surface area (Å²) in [5.41, 5.74) is 0.500. The highest BCUT2D eigenvalue weighted by Crippen LogP contribution is 2.24. The number of carboxylic acids is 1. The van der Waals surface area contributed by atoms with Crippen LogP contribution in [-0.2, 0) is 4.79 Å². The molecule has 1 aromatic heterocycles. The van der Waals surface area contributed by atoms with Gasteiger partial charge >= 0.3 is 5.97 Å². The van der Waals surface area contributed by atoms with Crippen LogP contribution in [0.2, 0.25) is 0 Å². The minimum absolute atomic E-state index is 0.116. The Labute approximate surface area is 111 Å². The van der Waals surface area contributed by atoms with Gasteiger partial charge in [0.15, 0.2) is 0 Å². The molecule has 0 spiro atoms. The molecule has 1 aliphatic rings. The van der Waals surface area contributed by atoms with Crippen molar-refractivity contribution in [2.45, 2.75) is 18.9 Å². The Morgan fingerprint density at radius 2 is 2.16 bits per heavy atom. The molecule has 1 N–H and O–H groups in total. The van der Waals surface area contributed by atoms with Crippen LogP contribution >= 0.6 is 0 Å². The van der Waals surface area contributed by atoms with Crippen molar-refractivity contribution in [3.63, 3.8) is 0 Å². The maximum atomic E-state index is 11.7. The predicted octanol–water partition coefficient (Wildman–Crippen LogP) is 0.837. The maximum absolute atomic E-state index is 11.7. The van der Waals surface area contributed by atoms with E-state index >= 15 is 0 Å². The Hall–Kier alpha value is -2.11. The van der Waals surface area contributed by atoms with Gasteiger partial charge in [-0.15, -0.1) is 0 Å². The summed E-state index contributed by atoms with van der Waals surface area (Å²) in [6, 6.07) is 2.88. The molecule has 1 amide bonds. The van der Waals surface area contributed by atoms with E-state index in [1.807, 2.05) is 0 Å². The molecule has 0 aliphatic carbocycles. The number of amides is 1. The molecule has 1 aromatic rings. The summed E-state index contributed by atoms with van der Waals surface area (Å²) in [6.07, 6.45) is 2.97. The number of carbonyl (C=O) groups is 2. The number of anilines is 1. The third kappa shape index (κ3) is 2.67. The highest BCUT2D eigenvalue weighted by Gasteiger charge is 2.31. The second-order valence-electron chi connectivity index (χ2n) is 4.79. The van der Waals surface area contributed by atoms with Crippen LogP contribution in [0.3, 0.4) is 0 Å². The quantitative estimate of drug-likeness (QED) is 0.874. The van der Waals surface area contributed by atoms with E-state index < -0.39 is 12.0 Å². The van der Waals surface area contributed by atoms with Gasteiger partial charge < -0.3 is 14.9 Å². The molecule has 0 radical (unpaired) electrons. The van der Waals surface area contributed by atoms with E-state index in [1.54, 1.807) is 31.1 Å². The molecule has 0 bridgehead atoms. The van der Waals surface area contributed by atoms with Crippen LogP contribution in [0.15, 0.2) is 18.3 Å². The normalized spacial score (nSPS) is 18.4.